The molecule has 2 rings (SSSR count). The Bertz CT molecular complexity index is 610. The summed E-state index contributed by atoms with van der Waals surface area (Å²) >= 11 is 3.47. The van der Waals surface area contributed by atoms with E-state index in [0.29, 0.717) is 0 Å². The van der Waals surface area contributed by atoms with Crippen LogP contribution in [0.4, 0.5) is 10.5 Å². The van der Waals surface area contributed by atoms with Gasteiger partial charge in [-0.3, -0.25) is 9.58 Å². The summed E-state index contributed by atoms with van der Waals surface area (Å²) in [6, 6.07) is 7.56. The summed E-state index contributed by atoms with van der Waals surface area (Å²) in [5.74, 6) is 0. The molecule has 0 saturated heterocycles. The Hall–Kier alpha value is -1.82. The molecule has 1 amide bonds. The number of methoxy groups -OCH3 is 1. The monoisotopic (exact) mass is 323 g/mol. The Balaban J connectivity index is 2.39. The van der Waals surface area contributed by atoms with Crippen molar-refractivity contribution in [1.82, 2.24) is 9.78 Å². The van der Waals surface area contributed by atoms with E-state index in [2.05, 4.69) is 21.0 Å². The molecule has 0 saturated carbocycles. The molecule has 0 fully saturated rings. The molecule has 0 radical (unpaired) electrons. The van der Waals surface area contributed by atoms with Crippen LogP contribution < -0.4 is 4.90 Å². The zero-order chi connectivity index (χ0) is 14.0. The van der Waals surface area contributed by atoms with Crippen molar-refractivity contribution in [2.45, 2.75) is 0 Å². The SMILES string of the molecule is COC(=O)N(C)c1cccc(-c2nn(C)cc2Br)c1. The molecule has 0 aliphatic heterocycles. The van der Waals surface area contributed by atoms with E-state index >= 15 is 0 Å². The molecule has 6 heteroatoms. The van der Waals surface area contributed by atoms with Crippen molar-refractivity contribution in [3.05, 3.63) is 34.9 Å². The van der Waals surface area contributed by atoms with Gasteiger partial charge in [-0.05, 0) is 28.1 Å². The molecule has 0 bridgehead atoms. The van der Waals surface area contributed by atoms with Crippen LogP contribution in [0.3, 0.4) is 0 Å². The first-order valence-electron chi connectivity index (χ1n) is 5.64. The fourth-order valence-corrected chi connectivity index (χ4v) is 2.36. The highest BCUT2D eigenvalue weighted by Crippen LogP contribution is 2.29. The van der Waals surface area contributed by atoms with Gasteiger partial charge in [0.05, 0.1) is 11.6 Å². The number of hydrogen-bond donors (Lipinski definition) is 0. The van der Waals surface area contributed by atoms with E-state index in [1.165, 1.54) is 12.0 Å². The molecule has 0 aliphatic rings. The Kier molecular flexibility index (Phi) is 3.90. The number of aryl methyl sites for hydroxylation is 1. The van der Waals surface area contributed by atoms with Gasteiger partial charge < -0.3 is 4.74 Å². The van der Waals surface area contributed by atoms with E-state index < -0.39 is 6.09 Å². The van der Waals surface area contributed by atoms with E-state index in [1.807, 2.05) is 37.5 Å². The first kappa shape index (κ1) is 13.6. The Labute approximate surface area is 119 Å². The van der Waals surface area contributed by atoms with Gasteiger partial charge in [-0.1, -0.05) is 12.1 Å². The van der Waals surface area contributed by atoms with Crippen molar-refractivity contribution in [1.29, 1.82) is 0 Å². The largest absolute Gasteiger partial charge is 0.452 e. The maximum atomic E-state index is 11.5. The molecule has 1 heterocycles. The van der Waals surface area contributed by atoms with Crippen LogP contribution in [0, 0.1) is 0 Å². The van der Waals surface area contributed by atoms with E-state index in [1.54, 1.807) is 11.7 Å². The van der Waals surface area contributed by atoms with Gasteiger partial charge in [0.15, 0.2) is 0 Å². The summed E-state index contributed by atoms with van der Waals surface area (Å²) in [4.78, 5) is 13.0. The van der Waals surface area contributed by atoms with Crippen LogP contribution >= 0.6 is 15.9 Å². The van der Waals surface area contributed by atoms with E-state index in [-0.39, 0.29) is 0 Å². The molecule has 100 valence electrons. The maximum Gasteiger partial charge on any atom is 0.413 e. The first-order valence-corrected chi connectivity index (χ1v) is 6.43. The lowest BCUT2D eigenvalue weighted by atomic mass is 10.1. The number of aromatic nitrogens is 2. The summed E-state index contributed by atoms with van der Waals surface area (Å²) in [7, 11) is 4.88. The van der Waals surface area contributed by atoms with Crippen molar-refractivity contribution >= 4 is 27.7 Å². The van der Waals surface area contributed by atoms with Crippen molar-refractivity contribution in [3.8, 4) is 11.3 Å². The topological polar surface area (TPSA) is 47.4 Å². The molecule has 0 aliphatic carbocycles. The fraction of sp³-hybridized carbons (Fsp3) is 0.231. The Morgan fingerprint density at radius 3 is 2.79 bits per heavy atom. The van der Waals surface area contributed by atoms with Crippen LogP contribution in [0.25, 0.3) is 11.3 Å². The van der Waals surface area contributed by atoms with Crippen molar-refractivity contribution in [3.63, 3.8) is 0 Å². The zero-order valence-electron chi connectivity index (χ0n) is 10.9. The molecule has 0 N–H and O–H groups in total. The fourth-order valence-electron chi connectivity index (χ4n) is 1.76. The molecule has 0 spiro atoms. The molecular weight excluding hydrogens is 310 g/mol. The maximum absolute atomic E-state index is 11.5. The number of hydrogen-bond acceptors (Lipinski definition) is 3. The number of benzene rings is 1. The van der Waals surface area contributed by atoms with Gasteiger partial charge in [-0.25, -0.2) is 4.79 Å². The highest BCUT2D eigenvalue weighted by molar-refractivity contribution is 9.10. The smallest absolute Gasteiger partial charge is 0.413 e. The average Bonchev–Trinajstić information content (AvgIpc) is 2.76. The normalized spacial score (nSPS) is 10.3. The molecule has 1 aromatic heterocycles. The number of rotatable bonds is 2. The van der Waals surface area contributed by atoms with E-state index in [4.69, 9.17) is 4.74 Å². The molecule has 1 aromatic carbocycles. The quantitative estimate of drug-likeness (QED) is 0.853. The lowest BCUT2D eigenvalue weighted by Crippen LogP contribution is -2.25. The van der Waals surface area contributed by atoms with Crippen molar-refractivity contribution in [2.24, 2.45) is 7.05 Å². The average molecular weight is 324 g/mol. The number of ether oxygens (including phenoxy) is 1. The van der Waals surface area contributed by atoms with Crippen molar-refractivity contribution < 1.29 is 9.53 Å². The summed E-state index contributed by atoms with van der Waals surface area (Å²) in [5.41, 5.74) is 2.52. The number of halogens is 1. The van der Waals surface area contributed by atoms with Gasteiger partial charge in [0.25, 0.3) is 0 Å². The minimum atomic E-state index is -0.405. The number of carbonyl (C=O) groups excluding carboxylic acids is 1. The predicted octanol–water partition coefficient (Wildman–Crippen LogP) is 3.05. The summed E-state index contributed by atoms with van der Waals surface area (Å²) < 4.78 is 7.34. The standard InChI is InChI=1S/C13H14BrN3O2/c1-16-8-11(14)12(15-16)9-5-4-6-10(7-9)17(2)13(18)19-3/h4-8H,1-3H3. The van der Waals surface area contributed by atoms with Gasteiger partial charge in [-0.2, -0.15) is 5.10 Å². The van der Waals surface area contributed by atoms with Crippen LogP contribution in [0.2, 0.25) is 0 Å². The molecule has 19 heavy (non-hydrogen) atoms. The molecule has 2 aromatic rings. The first-order chi connectivity index (χ1) is 9.02. The molecule has 0 unspecified atom stereocenters. The third-order valence-corrected chi connectivity index (χ3v) is 3.32. The van der Waals surface area contributed by atoms with Gasteiger partial charge in [0.2, 0.25) is 0 Å². The number of anilines is 1. The number of nitrogens with zero attached hydrogens (tertiary/aromatic N) is 3. The van der Waals surface area contributed by atoms with Crippen LogP contribution in [-0.4, -0.2) is 30.0 Å². The molecule has 5 nitrogen and oxygen atoms in total. The third kappa shape index (κ3) is 2.78. The zero-order valence-corrected chi connectivity index (χ0v) is 12.5. The van der Waals surface area contributed by atoms with Crippen LogP contribution in [-0.2, 0) is 11.8 Å². The second kappa shape index (κ2) is 5.44. The highest BCUT2D eigenvalue weighted by Gasteiger charge is 2.13. The Morgan fingerprint density at radius 2 is 2.21 bits per heavy atom. The molecular formula is C13H14BrN3O2. The lowest BCUT2D eigenvalue weighted by Gasteiger charge is -2.16. The van der Waals surface area contributed by atoms with Gasteiger partial charge in [-0.15, -0.1) is 0 Å². The minimum Gasteiger partial charge on any atom is -0.452 e. The van der Waals surface area contributed by atoms with Gasteiger partial charge >= 0.3 is 6.09 Å². The summed E-state index contributed by atoms with van der Waals surface area (Å²) in [6.45, 7) is 0. The van der Waals surface area contributed by atoms with Gasteiger partial charge in [0.1, 0.15) is 5.69 Å². The van der Waals surface area contributed by atoms with Crippen LogP contribution in [0.1, 0.15) is 0 Å². The second-order valence-corrected chi connectivity index (χ2v) is 4.93. The molecule has 0 atom stereocenters. The number of amides is 1. The predicted molar refractivity (Wildman–Crippen MR) is 77.2 cm³/mol. The van der Waals surface area contributed by atoms with Gasteiger partial charge in [0, 0.05) is 31.5 Å². The van der Waals surface area contributed by atoms with Crippen LogP contribution in [0.5, 0.6) is 0 Å². The Morgan fingerprint density at radius 1 is 1.47 bits per heavy atom. The highest BCUT2D eigenvalue weighted by atomic mass is 79.9. The third-order valence-electron chi connectivity index (χ3n) is 2.74. The van der Waals surface area contributed by atoms with Crippen LogP contribution in [0.15, 0.2) is 34.9 Å². The van der Waals surface area contributed by atoms with E-state index in [9.17, 15) is 4.79 Å². The second-order valence-electron chi connectivity index (χ2n) is 4.08. The van der Waals surface area contributed by atoms with E-state index in [0.717, 1.165) is 21.4 Å². The lowest BCUT2D eigenvalue weighted by molar-refractivity contribution is 0.180. The minimum absolute atomic E-state index is 0.405. The summed E-state index contributed by atoms with van der Waals surface area (Å²) in [5, 5.41) is 4.38. The van der Waals surface area contributed by atoms with Crippen molar-refractivity contribution in [2.75, 3.05) is 19.1 Å². The number of carbonyl (C=O) groups is 1. The summed E-state index contributed by atoms with van der Waals surface area (Å²) in [6.07, 6.45) is 1.48.